The molecule has 0 atom stereocenters. The molecule has 3 aliphatic rings. The van der Waals surface area contributed by atoms with Crippen molar-refractivity contribution in [3.63, 3.8) is 0 Å². The van der Waals surface area contributed by atoms with Gasteiger partial charge in [-0.1, -0.05) is 61.9 Å². The van der Waals surface area contributed by atoms with Gasteiger partial charge in [0.05, 0.1) is 22.7 Å². The Kier molecular flexibility index (Phi) is 4.34. The van der Waals surface area contributed by atoms with Crippen molar-refractivity contribution in [3.05, 3.63) is 106 Å². The Balaban J connectivity index is 1.65. The van der Waals surface area contributed by atoms with Crippen LogP contribution in [0.3, 0.4) is 0 Å². The molecule has 8 rings (SSSR count). The van der Waals surface area contributed by atoms with Crippen LogP contribution in [0.25, 0.3) is 55.5 Å². The lowest BCUT2D eigenvalue weighted by molar-refractivity contribution is 0.582. The highest BCUT2D eigenvalue weighted by Crippen LogP contribution is 2.50. The molecular formula is C36H28N2. The fourth-order valence-electron chi connectivity index (χ4n) is 7.43. The van der Waals surface area contributed by atoms with Crippen LogP contribution in [0.5, 0.6) is 0 Å². The molecule has 0 amide bonds. The molecule has 0 saturated carbocycles. The highest BCUT2D eigenvalue weighted by Gasteiger charge is 2.37. The molecule has 0 saturated heterocycles. The van der Waals surface area contributed by atoms with Crippen molar-refractivity contribution in [1.29, 1.82) is 5.26 Å². The van der Waals surface area contributed by atoms with Gasteiger partial charge in [-0.15, -0.1) is 0 Å². The van der Waals surface area contributed by atoms with E-state index in [2.05, 4.69) is 97.3 Å². The summed E-state index contributed by atoms with van der Waals surface area (Å²) in [7, 11) is 0. The highest BCUT2D eigenvalue weighted by atomic mass is 15.0. The molecule has 0 N–H and O–H groups in total. The molecule has 1 heterocycles. The number of allylic oxidation sites excluding steroid dienone is 4. The van der Waals surface area contributed by atoms with Gasteiger partial charge in [0, 0.05) is 21.9 Å². The van der Waals surface area contributed by atoms with Crippen LogP contribution in [0.2, 0.25) is 0 Å². The lowest BCUT2D eigenvalue weighted by atomic mass is 9.65. The summed E-state index contributed by atoms with van der Waals surface area (Å²) in [6, 6.07) is 26.2. The van der Waals surface area contributed by atoms with Crippen molar-refractivity contribution >= 4 is 49.8 Å². The summed E-state index contributed by atoms with van der Waals surface area (Å²) in [5.74, 6) is 0. The Labute approximate surface area is 222 Å². The molecule has 2 nitrogen and oxygen atoms in total. The van der Waals surface area contributed by atoms with Gasteiger partial charge in [-0.05, 0) is 106 Å². The van der Waals surface area contributed by atoms with Gasteiger partial charge in [0.2, 0.25) is 0 Å². The molecule has 0 radical (unpaired) electrons. The van der Waals surface area contributed by atoms with Gasteiger partial charge in [0.15, 0.2) is 0 Å². The monoisotopic (exact) mass is 488 g/mol. The summed E-state index contributed by atoms with van der Waals surface area (Å²) in [5, 5.41) is 17.5. The molecule has 1 aromatic heterocycles. The summed E-state index contributed by atoms with van der Waals surface area (Å²) in [6.45, 7) is 4.87. The smallest absolute Gasteiger partial charge is 0.0991 e. The van der Waals surface area contributed by atoms with Crippen LogP contribution in [-0.4, -0.2) is 4.57 Å². The van der Waals surface area contributed by atoms with E-state index in [1.807, 2.05) is 12.1 Å². The molecule has 0 aliphatic heterocycles. The molecule has 182 valence electrons. The molecule has 2 heteroatoms. The van der Waals surface area contributed by atoms with E-state index in [0.717, 1.165) is 31.4 Å². The second-order valence-electron chi connectivity index (χ2n) is 11.5. The van der Waals surface area contributed by atoms with Crippen molar-refractivity contribution in [2.45, 2.75) is 39.5 Å². The van der Waals surface area contributed by atoms with Gasteiger partial charge in [-0.3, -0.25) is 0 Å². The predicted octanol–water partition coefficient (Wildman–Crippen LogP) is 7.68. The lowest BCUT2D eigenvalue weighted by Crippen LogP contribution is -2.41. The molecular weight excluding hydrogens is 460 g/mol. The summed E-state index contributed by atoms with van der Waals surface area (Å²) >= 11 is 0. The third-order valence-corrected chi connectivity index (χ3v) is 9.17. The van der Waals surface area contributed by atoms with Crippen LogP contribution in [-0.2, 0) is 0 Å². The number of hydrogen-bond acceptors (Lipinski definition) is 1. The van der Waals surface area contributed by atoms with E-state index >= 15 is 0 Å². The minimum atomic E-state index is 0.0497. The van der Waals surface area contributed by atoms with Crippen molar-refractivity contribution in [1.82, 2.24) is 4.57 Å². The topological polar surface area (TPSA) is 28.7 Å². The summed E-state index contributed by atoms with van der Waals surface area (Å²) in [4.78, 5) is 0. The average molecular weight is 489 g/mol. The maximum absolute atomic E-state index is 9.43. The Bertz CT molecular complexity index is 2090. The zero-order valence-corrected chi connectivity index (χ0v) is 21.8. The second-order valence-corrected chi connectivity index (χ2v) is 11.5. The van der Waals surface area contributed by atoms with E-state index in [1.165, 1.54) is 59.7 Å². The van der Waals surface area contributed by atoms with Crippen LogP contribution >= 0.6 is 0 Å². The van der Waals surface area contributed by atoms with Crippen molar-refractivity contribution in [2.24, 2.45) is 5.41 Å². The fourth-order valence-corrected chi connectivity index (χ4v) is 7.43. The fraction of sp³-hybridized carbons (Fsp3) is 0.194. The van der Waals surface area contributed by atoms with E-state index < -0.39 is 0 Å². The van der Waals surface area contributed by atoms with Crippen molar-refractivity contribution < 1.29 is 0 Å². The molecule has 0 bridgehead atoms. The third kappa shape index (κ3) is 2.77. The maximum atomic E-state index is 9.43. The zero-order chi connectivity index (χ0) is 25.6. The van der Waals surface area contributed by atoms with Crippen LogP contribution in [0, 0.1) is 16.7 Å². The van der Waals surface area contributed by atoms with Gasteiger partial charge < -0.3 is 4.57 Å². The van der Waals surface area contributed by atoms with E-state index in [4.69, 9.17) is 0 Å². The Morgan fingerprint density at radius 3 is 2.45 bits per heavy atom. The molecule has 0 spiro atoms. The first kappa shape index (κ1) is 21.7. The van der Waals surface area contributed by atoms with E-state index in [9.17, 15) is 5.26 Å². The predicted molar refractivity (Wildman–Crippen MR) is 158 cm³/mol. The van der Waals surface area contributed by atoms with Crippen LogP contribution in [0.4, 0.5) is 0 Å². The Hall–Kier alpha value is -4.35. The highest BCUT2D eigenvalue weighted by molar-refractivity contribution is 6.18. The summed E-state index contributed by atoms with van der Waals surface area (Å²) in [6.07, 6.45) is 11.6. The van der Waals surface area contributed by atoms with Gasteiger partial charge in [-0.2, -0.15) is 5.26 Å². The average Bonchev–Trinajstić information content (AvgIpc) is 3.26. The Morgan fingerprint density at radius 1 is 0.868 bits per heavy atom. The van der Waals surface area contributed by atoms with E-state index in [0.29, 0.717) is 5.56 Å². The normalized spacial score (nSPS) is 17.4. The van der Waals surface area contributed by atoms with Crippen LogP contribution < -0.4 is 10.4 Å². The van der Waals surface area contributed by atoms with Gasteiger partial charge in [0.25, 0.3) is 0 Å². The third-order valence-electron chi connectivity index (χ3n) is 9.17. The molecule has 0 fully saturated rings. The summed E-state index contributed by atoms with van der Waals surface area (Å²) < 4.78 is 2.43. The molecule has 38 heavy (non-hydrogen) atoms. The summed E-state index contributed by atoms with van der Waals surface area (Å²) in [5.41, 5.74) is 10.4. The van der Waals surface area contributed by atoms with Gasteiger partial charge in [-0.25, -0.2) is 0 Å². The van der Waals surface area contributed by atoms with Crippen LogP contribution in [0.1, 0.15) is 50.7 Å². The van der Waals surface area contributed by atoms with Crippen LogP contribution in [0.15, 0.2) is 84.5 Å². The van der Waals surface area contributed by atoms with E-state index in [-0.39, 0.29) is 5.41 Å². The number of nitriles is 1. The first-order valence-corrected chi connectivity index (χ1v) is 13.7. The van der Waals surface area contributed by atoms with Gasteiger partial charge in [0.1, 0.15) is 0 Å². The van der Waals surface area contributed by atoms with Crippen molar-refractivity contribution in [3.8, 4) is 11.8 Å². The van der Waals surface area contributed by atoms with Crippen molar-refractivity contribution in [2.75, 3.05) is 0 Å². The quantitative estimate of drug-likeness (QED) is 0.238. The van der Waals surface area contributed by atoms with Gasteiger partial charge >= 0.3 is 0 Å². The molecule has 4 aromatic carbocycles. The SMILES string of the molecule is CC1(C)C2=C(CCC=C2)c2c3c(cc4c2c2cc5ccccc5cc2n4-c2ccc(C#N)cc2)=CCCC=31. The molecule has 3 aliphatic carbocycles. The first-order valence-electron chi connectivity index (χ1n) is 13.7. The van der Waals surface area contributed by atoms with E-state index in [1.54, 1.807) is 5.57 Å². The maximum Gasteiger partial charge on any atom is 0.0991 e. The molecule has 0 unspecified atom stereocenters. The number of hydrogen-bond donors (Lipinski definition) is 0. The largest absolute Gasteiger partial charge is 0.309 e. The number of aromatic nitrogens is 1. The zero-order valence-electron chi connectivity index (χ0n) is 21.8. The number of rotatable bonds is 1. The molecule has 5 aromatic rings. The minimum Gasteiger partial charge on any atom is -0.309 e. The standard InChI is InChI=1S/C36H28N2/c1-36(2)29-12-6-5-11-27(29)35-33-25(10-7-13-30(33)36)20-32-34(35)28-18-23-8-3-4-9-24(23)19-31(28)38(32)26-16-14-22(21-37)15-17-26/h3-4,6,8-10,12,14-20H,5,7,11,13H2,1-2H3. The second kappa shape index (κ2) is 7.59. The minimum absolute atomic E-state index is 0.0497. The Morgan fingerprint density at radius 2 is 1.66 bits per heavy atom. The first-order chi connectivity index (χ1) is 18.6. The number of fused-ring (bicyclic) bond motifs is 6. The number of nitrogens with zero attached hydrogens (tertiary/aromatic N) is 2. The number of benzene rings is 4. The lowest BCUT2D eigenvalue weighted by Gasteiger charge is -2.39.